The van der Waals surface area contributed by atoms with Gasteiger partial charge in [-0.15, -0.1) is 0 Å². The van der Waals surface area contributed by atoms with E-state index in [0.29, 0.717) is 13.1 Å². The van der Waals surface area contributed by atoms with Crippen LogP contribution in [0.5, 0.6) is 0 Å². The molecule has 1 N–H and O–H groups in total. The van der Waals surface area contributed by atoms with Crippen LogP contribution < -0.4 is 5.32 Å². The third kappa shape index (κ3) is 1.98. The molecule has 106 valence electrons. The fraction of sp³-hybridized carbons (Fsp3) is 0.467. The zero-order valence-corrected chi connectivity index (χ0v) is 11.5. The number of hydrogen-bond acceptors (Lipinski definition) is 3. The van der Waals surface area contributed by atoms with Gasteiger partial charge in [-0.2, -0.15) is 0 Å². The van der Waals surface area contributed by atoms with E-state index in [0.717, 1.165) is 24.0 Å². The molecule has 2 aliphatic rings. The van der Waals surface area contributed by atoms with Crippen LogP contribution in [-0.2, 0) is 15.1 Å². The molecule has 0 atom stereocenters. The van der Waals surface area contributed by atoms with Crippen molar-refractivity contribution < 1.29 is 14.3 Å². The minimum atomic E-state index is -0.294. The molecule has 1 saturated heterocycles. The first-order valence-electron chi connectivity index (χ1n) is 6.85. The molecule has 0 bridgehead atoms. The van der Waals surface area contributed by atoms with Crippen molar-refractivity contribution in [2.45, 2.75) is 18.4 Å². The number of nitrogens with one attached hydrogen (secondary N) is 1. The molecule has 5 nitrogen and oxygen atoms in total. The first-order valence-corrected chi connectivity index (χ1v) is 6.85. The lowest BCUT2D eigenvalue weighted by atomic mass is 9.82. The SMILES string of the molecule is COCC(=O)N1CCC2(CC1)NC(=O)c1ccccc12. The zero-order valence-electron chi connectivity index (χ0n) is 11.5. The molecule has 2 heterocycles. The van der Waals surface area contributed by atoms with Crippen LogP contribution in [0.3, 0.4) is 0 Å². The van der Waals surface area contributed by atoms with Gasteiger partial charge in [0.2, 0.25) is 5.91 Å². The highest BCUT2D eigenvalue weighted by Crippen LogP contribution is 2.39. The summed E-state index contributed by atoms with van der Waals surface area (Å²) >= 11 is 0. The molecular formula is C15H18N2O3. The van der Waals surface area contributed by atoms with Crippen molar-refractivity contribution in [2.75, 3.05) is 26.8 Å². The van der Waals surface area contributed by atoms with Crippen LogP contribution in [-0.4, -0.2) is 43.5 Å². The monoisotopic (exact) mass is 274 g/mol. The second-order valence-corrected chi connectivity index (χ2v) is 5.40. The van der Waals surface area contributed by atoms with Gasteiger partial charge in [0.15, 0.2) is 0 Å². The van der Waals surface area contributed by atoms with Crippen LogP contribution in [0.2, 0.25) is 0 Å². The Morgan fingerprint density at radius 2 is 2.05 bits per heavy atom. The summed E-state index contributed by atoms with van der Waals surface area (Å²) in [6.07, 6.45) is 1.51. The molecule has 3 rings (SSSR count). The second-order valence-electron chi connectivity index (χ2n) is 5.40. The van der Waals surface area contributed by atoms with Crippen molar-refractivity contribution in [3.05, 3.63) is 35.4 Å². The van der Waals surface area contributed by atoms with E-state index in [-0.39, 0.29) is 24.0 Å². The maximum atomic E-state index is 12.0. The van der Waals surface area contributed by atoms with Gasteiger partial charge >= 0.3 is 0 Å². The normalized spacial score (nSPS) is 19.9. The molecule has 1 aromatic rings. The summed E-state index contributed by atoms with van der Waals surface area (Å²) in [6.45, 7) is 1.42. The Balaban J connectivity index is 1.78. The van der Waals surface area contributed by atoms with Crippen LogP contribution in [0.1, 0.15) is 28.8 Å². The van der Waals surface area contributed by atoms with Gasteiger partial charge in [0.25, 0.3) is 5.91 Å². The molecule has 0 aliphatic carbocycles. The molecule has 0 unspecified atom stereocenters. The van der Waals surface area contributed by atoms with Gasteiger partial charge in [-0.1, -0.05) is 18.2 Å². The minimum absolute atomic E-state index is 0.00253. The fourth-order valence-electron chi connectivity index (χ4n) is 3.20. The first-order chi connectivity index (χ1) is 9.66. The Morgan fingerprint density at radius 3 is 2.75 bits per heavy atom. The number of carbonyl (C=O) groups excluding carboxylic acids is 2. The summed E-state index contributed by atoms with van der Waals surface area (Å²) < 4.78 is 4.89. The van der Waals surface area contributed by atoms with Crippen molar-refractivity contribution in [1.29, 1.82) is 0 Å². The third-order valence-electron chi connectivity index (χ3n) is 4.28. The number of piperidine rings is 1. The summed E-state index contributed by atoms with van der Waals surface area (Å²) in [4.78, 5) is 25.7. The summed E-state index contributed by atoms with van der Waals surface area (Å²) in [7, 11) is 1.52. The fourth-order valence-corrected chi connectivity index (χ4v) is 3.20. The summed E-state index contributed by atoms with van der Waals surface area (Å²) in [5.41, 5.74) is 1.55. The van der Waals surface area contributed by atoms with Gasteiger partial charge in [0, 0.05) is 25.8 Å². The van der Waals surface area contributed by atoms with Crippen molar-refractivity contribution in [3.63, 3.8) is 0 Å². The lowest BCUT2D eigenvalue weighted by Gasteiger charge is -2.39. The van der Waals surface area contributed by atoms with E-state index in [1.54, 1.807) is 0 Å². The number of carbonyl (C=O) groups is 2. The average Bonchev–Trinajstić information content (AvgIpc) is 2.74. The number of benzene rings is 1. The van der Waals surface area contributed by atoms with Gasteiger partial charge in [-0.3, -0.25) is 9.59 Å². The molecular weight excluding hydrogens is 256 g/mol. The van der Waals surface area contributed by atoms with Gasteiger partial charge in [0.05, 0.1) is 5.54 Å². The molecule has 20 heavy (non-hydrogen) atoms. The van der Waals surface area contributed by atoms with Crippen LogP contribution in [0, 0.1) is 0 Å². The Kier molecular flexibility index (Phi) is 3.22. The first kappa shape index (κ1) is 13.1. The van der Waals surface area contributed by atoms with E-state index < -0.39 is 0 Å². The smallest absolute Gasteiger partial charge is 0.252 e. The number of fused-ring (bicyclic) bond motifs is 2. The van der Waals surface area contributed by atoms with Crippen LogP contribution in [0.4, 0.5) is 0 Å². The predicted octanol–water partition coefficient (Wildman–Crippen LogP) is 0.894. The molecule has 1 fully saturated rings. The lowest BCUT2D eigenvalue weighted by Crippen LogP contribution is -2.51. The second kappa shape index (κ2) is 4.90. The molecule has 2 aliphatic heterocycles. The zero-order chi connectivity index (χ0) is 14.2. The number of amides is 2. The quantitative estimate of drug-likeness (QED) is 0.871. The van der Waals surface area contributed by atoms with Gasteiger partial charge in [-0.05, 0) is 24.5 Å². The van der Waals surface area contributed by atoms with Crippen LogP contribution in [0.25, 0.3) is 0 Å². The molecule has 1 spiro atoms. The molecule has 1 aromatic carbocycles. The third-order valence-corrected chi connectivity index (χ3v) is 4.28. The van der Waals surface area contributed by atoms with Crippen molar-refractivity contribution in [2.24, 2.45) is 0 Å². The maximum Gasteiger partial charge on any atom is 0.252 e. The van der Waals surface area contributed by atoms with E-state index in [2.05, 4.69) is 5.32 Å². The predicted molar refractivity (Wildman–Crippen MR) is 73.3 cm³/mol. The topological polar surface area (TPSA) is 58.6 Å². The summed E-state index contributed by atoms with van der Waals surface area (Å²) in [6, 6.07) is 7.72. The van der Waals surface area contributed by atoms with E-state index in [4.69, 9.17) is 4.74 Å². The molecule has 0 radical (unpaired) electrons. The van der Waals surface area contributed by atoms with E-state index in [1.165, 1.54) is 7.11 Å². The molecule has 2 amide bonds. The van der Waals surface area contributed by atoms with Crippen molar-refractivity contribution in [3.8, 4) is 0 Å². The Morgan fingerprint density at radius 1 is 1.35 bits per heavy atom. The van der Waals surface area contributed by atoms with Crippen LogP contribution in [0.15, 0.2) is 24.3 Å². The van der Waals surface area contributed by atoms with Gasteiger partial charge in [-0.25, -0.2) is 0 Å². The Labute approximate surface area is 117 Å². The number of rotatable bonds is 2. The standard InChI is InChI=1S/C15H18N2O3/c1-20-10-13(18)17-8-6-15(7-9-17)12-5-3-2-4-11(12)14(19)16-15/h2-5H,6-10H2,1H3,(H,16,19). The number of ether oxygens (including phenoxy) is 1. The van der Waals surface area contributed by atoms with Crippen LogP contribution >= 0.6 is 0 Å². The number of likely N-dealkylation sites (tertiary alicyclic amines) is 1. The van der Waals surface area contributed by atoms with Gasteiger partial charge in [0.1, 0.15) is 6.61 Å². The lowest BCUT2D eigenvalue weighted by molar-refractivity contribution is -0.136. The maximum absolute atomic E-state index is 12.0. The van der Waals surface area contributed by atoms with E-state index in [1.807, 2.05) is 29.2 Å². The van der Waals surface area contributed by atoms with Gasteiger partial charge < -0.3 is 15.0 Å². The number of nitrogens with zero attached hydrogens (tertiary/aromatic N) is 1. The highest BCUT2D eigenvalue weighted by atomic mass is 16.5. The Hall–Kier alpha value is -1.88. The summed E-state index contributed by atoms with van der Waals surface area (Å²) in [5, 5.41) is 3.12. The average molecular weight is 274 g/mol. The van der Waals surface area contributed by atoms with E-state index >= 15 is 0 Å². The molecule has 5 heteroatoms. The molecule has 0 saturated carbocycles. The Bertz CT molecular complexity index is 548. The highest BCUT2D eigenvalue weighted by molar-refractivity contribution is 6.00. The highest BCUT2D eigenvalue weighted by Gasteiger charge is 2.44. The van der Waals surface area contributed by atoms with Crippen molar-refractivity contribution in [1.82, 2.24) is 10.2 Å². The summed E-state index contributed by atoms with van der Waals surface area (Å²) in [5.74, 6) is 0.0113. The largest absolute Gasteiger partial charge is 0.375 e. The number of methoxy groups -OCH3 is 1. The van der Waals surface area contributed by atoms with E-state index in [9.17, 15) is 9.59 Å². The number of hydrogen-bond donors (Lipinski definition) is 1. The van der Waals surface area contributed by atoms with Crippen molar-refractivity contribution >= 4 is 11.8 Å². The minimum Gasteiger partial charge on any atom is -0.375 e. The molecule has 0 aromatic heterocycles.